The third-order valence-electron chi connectivity index (χ3n) is 2.55. The van der Waals surface area contributed by atoms with E-state index in [0.29, 0.717) is 0 Å². The van der Waals surface area contributed by atoms with Crippen molar-refractivity contribution in [2.75, 3.05) is 26.7 Å². The van der Waals surface area contributed by atoms with Crippen LogP contribution in [-0.4, -0.2) is 37.6 Å². The van der Waals surface area contributed by atoms with Gasteiger partial charge in [0.2, 0.25) is 0 Å². The van der Waals surface area contributed by atoms with Gasteiger partial charge in [0.25, 0.3) is 0 Å². The second kappa shape index (κ2) is 4.07. The maximum Gasteiger partial charge on any atom is 0.0240 e. The number of rotatable bonds is 1. The minimum Gasteiger partial charge on any atom is -0.315 e. The molecule has 1 rings (SSSR count). The molecule has 11 heavy (non-hydrogen) atoms. The molecule has 1 aliphatic heterocycles. The average molecular weight is 156 g/mol. The predicted octanol–water partition coefficient (Wildman–Crippen LogP) is 0.936. The first kappa shape index (κ1) is 9.01. The van der Waals surface area contributed by atoms with Gasteiger partial charge < -0.3 is 10.2 Å². The van der Waals surface area contributed by atoms with Gasteiger partial charge in [-0.05, 0) is 32.5 Å². The van der Waals surface area contributed by atoms with Gasteiger partial charge >= 0.3 is 0 Å². The largest absolute Gasteiger partial charge is 0.315 e. The minimum absolute atomic E-state index is 0.734. The van der Waals surface area contributed by atoms with Gasteiger partial charge in [0.1, 0.15) is 0 Å². The maximum atomic E-state index is 3.47. The van der Waals surface area contributed by atoms with Crippen LogP contribution in [0.15, 0.2) is 0 Å². The first-order valence-corrected chi connectivity index (χ1v) is 4.63. The van der Waals surface area contributed by atoms with Crippen LogP contribution in [0, 0.1) is 5.92 Å². The van der Waals surface area contributed by atoms with Crippen LogP contribution in [0.5, 0.6) is 0 Å². The van der Waals surface area contributed by atoms with Gasteiger partial charge in [0.05, 0.1) is 0 Å². The zero-order valence-corrected chi connectivity index (χ0v) is 7.93. The molecule has 1 fully saturated rings. The Bertz CT molecular complexity index is 112. The molecule has 66 valence electrons. The van der Waals surface area contributed by atoms with Gasteiger partial charge in [0.15, 0.2) is 0 Å². The molecule has 2 heteroatoms. The summed E-state index contributed by atoms with van der Waals surface area (Å²) in [6, 6.07) is 0.734. The van der Waals surface area contributed by atoms with Crippen molar-refractivity contribution in [2.45, 2.75) is 26.3 Å². The van der Waals surface area contributed by atoms with E-state index in [0.717, 1.165) is 18.5 Å². The van der Waals surface area contributed by atoms with E-state index < -0.39 is 0 Å². The van der Waals surface area contributed by atoms with E-state index in [9.17, 15) is 0 Å². The molecule has 0 radical (unpaired) electrons. The Morgan fingerprint density at radius 3 is 2.82 bits per heavy atom. The molecule has 0 spiro atoms. The minimum atomic E-state index is 0.734. The summed E-state index contributed by atoms with van der Waals surface area (Å²) in [5, 5.41) is 3.47. The highest BCUT2D eigenvalue weighted by Gasteiger charge is 2.19. The molecule has 1 N–H and O–H groups in total. The summed E-state index contributed by atoms with van der Waals surface area (Å²) < 4.78 is 0. The Labute approximate surface area is 70.0 Å². The van der Waals surface area contributed by atoms with Gasteiger partial charge in [-0.3, -0.25) is 0 Å². The topological polar surface area (TPSA) is 15.3 Å². The molecule has 0 aliphatic carbocycles. The summed E-state index contributed by atoms with van der Waals surface area (Å²) in [5.41, 5.74) is 0. The Kier molecular flexibility index (Phi) is 3.34. The zero-order valence-electron chi connectivity index (χ0n) is 7.93. The lowest BCUT2D eigenvalue weighted by Crippen LogP contribution is -2.40. The molecule has 0 aromatic carbocycles. The lowest BCUT2D eigenvalue weighted by molar-refractivity contribution is 0.206. The average Bonchev–Trinajstić information content (AvgIpc) is 2.13. The molecule has 1 atom stereocenters. The van der Waals surface area contributed by atoms with Crippen LogP contribution in [0.2, 0.25) is 0 Å². The summed E-state index contributed by atoms with van der Waals surface area (Å²) in [5.74, 6) is 0.769. The Balaban J connectivity index is 2.45. The Morgan fingerprint density at radius 2 is 2.18 bits per heavy atom. The molecule has 1 heterocycles. The fourth-order valence-electron chi connectivity index (χ4n) is 1.77. The molecule has 0 amide bonds. The highest BCUT2D eigenvalue weighted by molar-refractivity contribution is 4.77. The van der Waals surface area contributed by atoms with Crippen molar-refractivity contribution in [1.29, 1.82) is 0 Å². The van der Waals surface area contributed by atoms with Crippen molar-refractivity contribution >= 4 is 0 Å². The van der Waals surface area contributed by atoms with Crippen molar-refractivity contribution in [1.82, 2.24) is 10.2 Å². The van der Waals surface area contributed by atoms with Crippen LogP contribution < -0.4 is 5.32 Å². The molecule has 0 aromatic rings. The zero-order chi connectivity index (χ0) is 8.27. The molecule has 0 bridgehead atoms. The highest BCUT2D eigenvalue weighted by atomic mass is 15.2. The molecule has 1 aliphatic rings. The van der Waals surface area contributed by atoms with Crippen LogP contribution in [0.25, 0.3) is 0 Å². The Morgan fingerprint density at radius 1 is 1.45 bits per heavy atom. The lowest BCUT2D eigenvalue weighted by Gasteiger charge is -2.28. The second-order valence-electron chi connectivity index (χ2n) is 3.85. The fraction of sp³-hybridized carbons (Fsp3) is 1.00. The summed E-state index contributed by atoms with van der Waals surface area (Å²) in [7, 11) is 2.23. The van der Waals surface area contributed by atoms with Crippen molar-refractivity contribution in [3.05, 3.63) is 0 Å². The quantitative estimate of drug-likeness (QED) is 0.608. The van der Waals surface area contributed by atoms with Crippen LogP contribution in [0.3, 0.4) is 0 Å². The highest BCUT2D eigenvalue weighted by Crippen LogP contribution is 2.10. The Hall–Kier alpha value is -0.0800. The molecule has 0 unspecified atom stereocenters. The lowest BCUT2D eigenvalue weighted by atomic mass is 10.0. The normalized spacial score (nSPS) is 28.9. The van der Waals surface area contributed by atoms with Gasteiger partial charge in [0, 0.05) is 12.6 Å². The second-order valence-corrected chi connectivity index (χ2v) is 3.85. The number of nitrogens with zero attached hydrogens (tertiary/aromatic N) is 1. The van der Waals surface area contributed by atoms with Crippen molar-refractivity contribution < 1.29 is 0 Å². The predicted molar refractivity (Wildman–Crippen MR) is 48.7 cm³/mol. The SMILES string of the molecule is CC(C)[C@H]1CNCCCN1C. The third-order valence-corrected chi connectivity index (χ3v) is 2.55. The van der Waals surface area contributed by atoms with Crippen LogP contribution >= 0.6 is 0 Å². The van der Waals surface area contributed by atoms with Crippen molar-refractivity contribution in [3.8, 4) is 0 Å². The van der Waals surface area contributed by atoms with Gasteiger partial charge in [-0.25, -0.2) is 0 Å². The summed E-state index contributed by atoms with van der Waals surface area (Å²) in [4.78, 5) is 2.48. The molecule has 0 saturated carbocycles. The molecule has 0 aromatic heterocycles. The molecular formula is C9H20N2. The van der Waals surface area contributed by atoms with E-state index in [-0.39, 0.29) is 0 Å². The number of likely N-dealkylation sites (N-methyl/N-ethyl adjacent to an activating group) is 1. The maximum absolute atomic E-state index is 3.47. The smallest absolute Gasteiger partial charge is 0.0240 e. The third kappa shape index (κ3) is 2.46. The van der Waals surface area contributed by atoms with E-state index in [1.54, 1.807) is 0 Å². The van der Waals surface area contributed by atoms with Crippen LogP contribution in [0.4, 0.5) is 0 Å². The fourth-order valence-corrected chi connectivity index (χ4v) is 1.77. The van der Waals surface area contributed by atoms with Crippen LogP contribution in [0.1, 0.15) is 20.3 Å². The van der Waals surface area contributed by atoms with E-state index in [2.05, 4.69) is 31.1 Å². The molecule has 2 nitrogen and oxygen atoms in total. The first-order valence-electron chi connectivity index (χ1n) is 4.63. The first-order chi connectivity index (χ1) is 5.22. The van der Waals surface area contributed by atoms with Gasteiger partial charge in [-0.15, -0.1) is 0 Å². The van der Waals surface area contributed by atoms with E-state index in [4.69, 9.17) is 0 Å². The number of nitrogens with one attached hydrogen (secondary N) is 1. The van der Waals surface area contributed by atoms with Crippen molar-refractivity contribution in [2.24, 2.45) is 5.92 Å². The number of hydrogen-bond acceptors (Lipinski definition) is 2. The monoisotopic (exact) mass is 156 g/mol. The van der Waals surface area contributed by atoms with Crippen LogP contribution in [-0.2, 0) is 0 Å². The van der Waals surface area contributed by atoms with Crippen molar-refractivity contribution in [3.63, 3.8) is 0 Å². The van der Waals surface area contributed by atoms with E-state index >= 15 is 0 Å². The van der Waals surface area contributed by atoms with E-state index in [1.165, 1.54) is 19.5 Å². The van der Waals surface area contributed by atoms with Gasteiger partial charge in [-0.2, -0.15) is 0 Å². The molecular weight excluding hydrogens is 136 g/mol. The number of hydrogen-bond donors (Lipinski definition) is 1. The summed E-state index contributed by atoms with van der Waals surface area (Å²) in [6.07, 6.45) is 1.29. The van der Waals surface area contributed by atoms with Gasteiger partial charge in [-0.1, -0.05) is 13.8 Å². The summed E-state index contributed by atoms with van der Waals surface area (Å²) in [6.45, 7) is 8.19. The van der Waals surface area contributed by atoms with E-state index in [1.807, 2.05) is 0 Å². The standard InChI is InChI=1S/C9H20N2/c1-8(2)9-7-10-5-4-6-11(9)3/h8-10H,4-7H2,1-3H3/t9-/m1/s1. The molecule has 1 saturated heterocycles. The summed E-state index contributed by atoms with van der Waals surface area (Å²) >= 11 is 0.